The van der Waals surface area contributed by atoms with Gasteiger partial charge in [-0.1, -0.05) is 13.8 Å². The summed E-state index contributed by atoms with van der Waals surface area (Å²) in [7, 11) is 0. The van der Waals surface area contributed by atoms with Crippen molar-refractivity contribution in [2.24, 2.45) is 0 Å². The van der Waals surface area contributed by atoms with E-state index in [0.717, 1.165) is 5.69 Å². The van der Waals surface area contributed by atoms with Gasteiger partial charge in [0.25, 0.3) is 0 Å². The number of carbonyl (C=O) groups excluding carboxylic acids is 1. The SMILES string of the molecule is CC(C)c1nnc(CCC(=O)N2CCO[C@H](c3cnccn3)C2)o1. The standard InChI is InChI=1S/C16H21N5O3/c1-11(2)16-20-19-14(24-16)3-4-15(22)21-7-8-23-13(10-21)12-9-17-5-6-18-12/h5-6,9,11,13H,3-4,7-8,10H2,1-2H3/t13-/m0/s1. The molecule has 1 fully saturated rings. The number of amides is 1. The van der Waals surface area contributed by atoms with E-state index in [4.69, 9.17) is 9.15 Å². The summed E-state index contributed by atoms with van der Waals surface area (Å²) in [5.74, 6) is 1.35. The predicted octanol–water partition coefficient (Wildman–Crippen LogP) is 1.52. The van der Waals surface area contributed by atoms with Crippen LogP contribution < -0.4 is 0 Å². The van der Waals surface area contributed by atoms with E-state index >= 15 is 0 Å². The van der Waals surface area contributed by atoms with Gasteiger partial charge in [-0.25, -0.2) is 0 Å². The van der Waals surface area contributed by atoms with E-state index in [1.165, 1.54) is 0 Å². The lowest BCUT2D eigenvalue weighted by atomic mass is 10.2. The number of hydrogen-bond donors (Lipinski definition) is 0. The molecule has 8 heteroatoms. The number of aryl methyl sites for hydroxylation is 1. The summed E-state index contributed by atoms with van der Waals surface area (Å²) in [6.07, 6.45) is 5.47. The molecule has 3 rings (SSSR count). The first-order valence-electron chi connectivity index (χ1n) is 8.11. The lowest BCUT2D eigenvalue weighted by molar-refractivity contribution is -0.139. The third-order valence-corrected chi connectivity index (χ3v) is 3.86. The van der Waals surface area contributed by atoms with Gasteiger partial charge in [0.1, 0.15) is 6.10 Å². The molecule has 128 valence electrons. The number of hydrogen-bond acceptors (Lipinski definition) is 7. The normalized spacial score (nSPS) is 18.1. The summed E-state index contributed by atoms with van der Waals surface area (Å²) in [5, 5.41) is 7.97. The Morgan fingerprint density at radius 3 is 2.96 bits per heavy atom. The first-order valence-corrected chi connectivity index (χ1v) is 8.11. The molecular weight excluding hydrogens is 310 g/mol. The van der Waals surface area contributed by atoms with Crippen molar-refractivity contribution < 1.29 is 13.9 Å². The van der Waals surface area contributed by atoms with Gasteiger partial charge >= 0.3 is 0 Å². The van der Waals surface area contributed by atoms with Gasteiger partial charge in [0.15, 0.2) is 0 Å². The van der Waals surface area contributed by atoms with Crippen molar-refractivity contribution in [3.63, 3.8) is 0 Å². The predicted molar refractivity (Wildman–Crippen MR) is 84.0 cm³/mol. The third-order valence-electron chi connectivity index (χ3n) is 3.86. The van der Waals surface area contributed by atoms with Gasteiger partial charge in [-0.05, 0) is 0 Å². The highest BCUT2D eigenvalue weighted by Gasteiger charge is 2.26. The van der Waals surface area contributed by atoms with E-state index in [9.17, 15) is 4.79 Å². The molecule has 1 aliphatic heterocycles. The van der Waals surface area contributed by atoms with E-state index < -0.39 is 0 Å². The Kier molecular flexibility index (Phi) is 5.14. The molecule has 0 aromatic carbocycles. The lowest BCUT2D eigenvalue weighted by Gasteiger charge is -2.32. The van der Waals surface area contributed by atoms with Crippen LogP contribution in [0.25, 0.3) is 0 Å². The number of nitrogens with zero attached hydrogens (tertiary/aromatic N) is 5. The fourth-order valence-electron chi connectivity index (χ4n) is 2.50. The Labute approximate surface area is 140 Å². The quantitative estimate of drug-likeness (QED) is 0.819. The summed E-state index contributed by atoms with van der Waals surface area (Å²) < 4.78 is 11.2. The molecule has 1 aliphatic rings. The average molecular weight is 331 g/mol. The molecule has 0 spiro atoms. The van der Waals surface area contributed by atoms with Crippen molar-refractivity contribution in [1.82, 2.24) is 25.1 Å². The molecule has 8 nitrogen and oxygen atoms in total. The monoisotopic (exact) mass is 331 g/mol. The molecule has 0 bridgehead atoms. The summed E-state index contributed by atoms with van der Waals surface area (Å²) in [6, 6.07) is 0. The summed E-state index contributed by atoms with van der Waals surface area (Å²) in [5.41, 5.74) is 0.744. The number of aromatic nitrogens is 4. The van der Waals surface area contributed by atoms with Crippen LogP contribution in [0.5, 0.6) is 0 Å². The van der Waals surface area contributed by atoms with Crippen LogP contribution in [-0.2, 0) is 16.0 Å². The number of rotatable bonds is 5. The van der Waals surface area contributed by atoms with Gasteiger partial charge in [0, 0.05) is 37.7 Å². The first kappa shape index (κ1) is 16.5. The van der Waals surface area contributed by atoms with E-state index in [-0.39, 0.29) is 17.9 Å². The molecule has 1 atom stereocenters. The zero-order valence-corrected chi connectivity index (χ0v) is 13.9. The highest BCUT2D eigenvalue weighted by atomic mass is 16.5. The van der Waals surface area contributed by atoms with E-state index in [1.807, 2.05) is 13.8 Å². The molecule has 0 N–H and O–H groups in total. The molecule has 0 saturated carbocycles. The van der Waals surface area contributed by atoms with Crippen LogP contribution in [0.4, 0.5) is 0 Å². The lowest BCUT2D eigenvalue weighted by Crippen LogP contribution is -2.42. The average Bonchev–Trinajstić information content (AvgIpc) is 3.10. The highest BCUT2D eigenvalue weighted by molar-refractivity contribution is 5.76. The fraction of sp³-hybridized carbons (Fsp3) is 0.562. The van der Waals surface area contributed by atoms with E-state index in [0.29, 0.717) is 44.3 Å². The summed E-state index contributed by atoms with van der Waals surface area (Å²) in [6.45, 7) is 5.53. The van der Waals surface area contributed by atoms with Crippen molar-refractivity contribution in [1.29, 1.82) is 0 Å². The highest BCUT2D eigenvalue weighted by Crippen LogP contribution is 2.20. The summed E-state index contributed by atoms with van der Waals surface area (Å²) in [4.78, 5) is 22.5. The van der Waals surface area contributed by atoms with Crippen LogP contribution in [0.15, 0.2) is 23.0 Å². The molecular formula is C16H21N5O3. The second-order valence-electron chi connectivity index (χ2n) is 6.02. The molecule has 3 heterocycles. The van der Waals surface area contributed by atoms with Crippen LogP contribution in [0, 0.1) is 0 Å². The molecule has 0 radical (unpaired) electrons. The van der Waals surface area contributed by atoms with Crippen LogP contribution in [0.1, 0.15) is 49.8 Å². The minimum atomic E-state index is -0.229. The van der Waals surface area contributed by atoms with Gasteiger partial charge in [0.05, 0.1) is 25.0 Å². The number of carbonyl (C=O) groups is 1. The molecule has 1 saturated heterocycles. The topological polar surface area (TPSA) is 94.2 Å². The fourth-order valence-corrected chi connectivity index (χ4v) is 2.50. The van der Waals surface area contributed by atoms with Gasteiger partial charge in [-0.3, -0.25) is 14.8 Å². The Balaban J connectivity index is 1.54. The Morgan fingerprint density at radius 1 is 1.38 bits per heavy atom. The molecule has 2 aromatic rings. The zero-order valence-electron chi connectivity index (χ0n) is 13.9. The van der Waals surface area contributed by atoms with Crippen molar-refractivity contribution >= 4 is 5.91 Å². The van der Waals surface area contributed by atoms with Crippen LogP contribution in [0.3, 0.4) is 0 Å². The third kappa shape index (κ3) is 3.94. The van der Waals surface area contributed by atoms with E-state index in [2.05, 4.69) is 20.2 Å². The van der Waals surface area contributed by atoms with Crippen molar-refractivity contribution in [2.45, 2.75) is 38.7 Å². The largest absolute Gasteiger partial charge is 0.425 e. The van der Waals surface area contributed by atoms with Gasteiger partial charge in [0.2, 0.25) is 17.7 Å². The number of ether oxygens (including phenoxy) is 1. The maximum Gasteiger partial charge on any atom is 0.223 e. The van der Waals surface area contributed by atoms with Gasteiger partial charge in [-0.2, -0.15) is 0 Å². The number of morpholine rings is 1. The minimum absolute atomic E-state index is 0.0523. The molecule has 24 heavy (non-hydrogen) atoms. The Morgan fingerprint density at radius 2 is 2.25 bits per heavy atom. The van der Waals surface area contributed by atoms with Crippen molar-refractivity contribution in [3.05, 3.63) is 36.1 Å². The second kappa shape index (κ2) is 7.48. The first-order chi connectivity index (χ1) is 11.6. The summed E-state index contributed by atoms with van der Waals surface area (Å²) >= 11 is 0. The van der Waals surface area contributed by atoms with Crippen LogP contribution in [-0.4, -0.2) is 50.7 Å². The van der Waals surface area contributed by atoms with Crippen molar-refractivity contribution in [2.75, 3.05) is 19.7 Å². The Hall–Kier alpha value is -2.35. The molecule has 0 unspecified atom stereocenters. The maximum atomic E-state index is 12.4. The van der Waals surface area contributed by atoms with Gasteiger partial charge in [-0.15, -0.1) is 10.2 Å². The van der Waals surface area contributed by atoms with Gasteiger partial charge < -0.3 is 14.1 Å². The smallest absolute Gasteiger partial charge is 0.223 e. The van der Waals surface area contributed by atoms with E-state index in [1.54, 1.807) is 23.5 Å². The zero-order chi connectivity index (χ0) is 16.9. The maximum absolute atomic E-state index is 12.4. The van der Waals surface area contributed by atoms with Crippen LogP contribution >= 0.6 is 0 Å². The minimum Gasteiger partial charge on any atom is -0.425 e. The molecule has 2 aromatic heterocycles. The van der Waals surface area contributed by atoms with Crippen LogP contribution in [0.2, 0.25) is 0 Å². The second-order valence-corrected chi connectivity index (χ2v) is 6.02. The van der Waals surface area contributed by atoms with Crippen molar-refractivity contribution in [3.8, 4) is 0 Å². The molecule has 0 aliphatic carbocycles. The molecule has 1 amide bonds. The Bertz CT molecular complexity index is 673.